The Labute approximate surface area is 130 Å². The van der Waals surface area contributed by atoms with Crippen LogP contribution >= 0.6 is 0 Å². The molecule has 0 atom stereocenters. The standard InChI is InChI=1S/C17H32N4/c1-3-11-21-12-9-15(10-13-21)14-19-17(18-4-2)20-16-7-5-6-8-16/h5-6,15-16H,3-4,7-14H2,1-2H3,(H2,18,19,20). The first-order valence-corrected chi connectivity index (χ1v) is 8.74. The Morgan fingerprint density at radius 2 is 1.90 bits per heavy atom. The summed E-state index contributed by atoms with van der Waals surface area (Å²) in [5, 5.41) is 6.93. The van der Waals surface area contributed by atoms with E-state index in [0.717, 1.165) is 37.8 Å². The summed E-state index contributed by atoms with van der Waals surface area (Å²) in [6, 6.07) is 0.536. The number of nitrogens with zero attached hydrogens (tertiary/aromatic N) is 2. The fourth-order valence-corrected chi connectivity index (χ4v) is 3.18. The van der Waals surface area contributed by atoms with Crippen LogP contribution in [0.4, 0.5) is 0 Å². The molecule has 1 saturated heterocycles. The van der Waals surface area contributed by atoms with Crippen molar-refractivity contribution in [1.82, 2.24) is 15.5 Å². The molecule has 0 aromatic carbocycles. The Kier molecular flexibility index (Phi) is 7.07. The SMILES string of the molecule is CCCN1CCC(CN=C(NCC)NC2CC=CC2)CC1. The Hall–Kier alpha value is -1.03. The van der Waals surface area contributed by atoms with E-state index < -0.39 is 0 Å². The summed E-state index contributed by atoms with van der Waals surface area (Å²) in [6.07, 6.45) is 10.6. The highest BCUT2D eigenvalue weighted by Gasteiger charge is 2.18. The third kappa shape index (κ3) is 5.70. The lowest BCUT2D eigenvalue weighted by molar-refractivity contribution is 0.188. The zero-order chi connectivity index (χ0) is 14.9. The second-order valence-electron chi connectivity index (χ2n) is 6.29. The van der Waals surface area contributed by atoms with Crippen LogP contribution in [0.15, 0.2) is 17.1 Å². The van der Waals surface area contributed by atoms with Gasteiger partial charge in [0.15, 0.2) is 5.96 Å². The summed E-state index contributed by atoms with van der Waals surface area (Å²) in [7, 11) is 0. The van der Waals surface area contributed by atoms with E-state index in [9.17, 15) is 0 Å². The third-order valence-corrected chi connectivity index (χ3v) is 4.45. The van der Waals surface area contributed by atoms with Crippen LogP contribution in [0.3, 0.4) is 0 Å². The van der Waals surface area contributed by atoms with E-state index in [0.29, 0.717) is 6.04 Å². The van der Waals surface area contributed by atoms with E-state index in [-0.39, 0.29) is 0 Å². The van der Waals surface area contributed by atoms with Gasteiger partial charge < -0.3 is 15.5 Å². The highest BCUT2D eigenvalue weighted by molar-refractivity contribution is 5.80. The summed E-state index contributed by atoms with van der Waals surface area (Å²) in [4.78, 5) is 7.41. The average molecular weight is 292 g/mol. The van der Waals surface area contributed by atoms with Gasteiger partial charge in [0.2, 0.25) is 0 Å². The summed E-state index contributed by atoms with van der Waals surface area (Å²) in [6.45, 7) is 10.1. The molecule has 2 aliphatic rings. The third-order valence-electron chi connectivity index (χ3n) is 4.45. The molecule has 0 radical (unpaired) electrons. The molecule has 4 heteroatoms. The van der Waals surface area contributed by atoms with Gasteiger partial charge in [-0.2, -0.15) is 0 Å². The minimum absolute atomic E-state index is 0.536. The van der Waals surface area contributed by atoms with Gasteiger partial charge in [0, 0.05) is 19.1 Å². The highest BCUT2D eigenvalue weighted by atomic mass is 15.2. The second-order valence-corrected chi connectivity index (χ2v) is 6.29. The monoisotopic (exact) mass is 292 g/mol. The first kappa shape index (κ1) is 16.3. The predicted molar refractivity (Wildman–Crippen MR) is 90.7 cm³/mol. The largest absolute Gasteiger partial charge is 0.357 e. The fraction of sp³-hybridized carbons (Fsp3) is 0.824. The lowest BCUT2D eigenvalue weighted by atomic mass is 9.97. The number of likely N-dealkylation sites (tertiary alicyclic amines) is 1. The number of piperidine rings is 1. The van der Waals surface area contributed by atoms with E-state index >= 15 is 0 Å². The maximum atomic E-state index is 4.82. The molecule has 0 aromatic heterocycles. The van der Waals surface area contributed by atoms with E-state index in [1.54, 1.807) is 0 Å². The van der Waals surface area contributed by atoms with Gasteiger partial charge in [-0.05, 0) is 64.6 Å². The van der Waals surface area contributed by atoms with Crippen LogP contribution in [0.2, 0.25) is 0 Å². The normalized spacial score (nSPS) is 21.9. The van der Waals surface area contributed by atoms with Gasteiger partial charge in [0.05, 0.1) is 0 Å². The average Bonchev–Trinajstić information content (AvgIpc) is 3.00. The molecular formula is C17H32N4. The molecule has 0 aromatic rings. The quantitative estimate of drug-likeness (QED) is 0.448. The highest BCUT2D eigenvalue weighted by Crippen LogP contribution is 2.17. The molecule has 0 bridgehead atoms. The predicted octanol–water partition coefficient (Wildman–Crippen LogP) is 2.38. The smallest absolute Gasteiger partial charge is 0.191 e. The topological polar surface area (TPSA) is 39.7 Å². The lowest BCUT2D eigenvalue weighted by Gasteiger charge is -2.31. The molecule has 0 spiro atoms. The Bertz CT molecular complexity index is 335. The maximum Gasteiger partial charge on any atom is 0.191 e. The summed E-state index contributed by atoms with van der Waals surface area (Å²) in [5.74, 6) is 1.76. The molecule has 1 aliphatic heterocycles. The zero-order valence-electron chi connectivity index (χ0n) is 13.8. The van der Waals surface area contributed by atoms with Crippen molar-refractivity contribution in [3.05, 3.63) is 12.2 Å². The molecule has 4 nitrogen and oxygen atoms in total. The first-order valence-electron chi connectivity index (χ1n) is 8.74. The fourth-order valence-electron chi connectivity index (χ4n) is 3.18. The van der Waals surface area contributed by atoms with Gasteiger partial charge in [-0.15, -0.1) is 0 Å². The number of rotatable bonds is 6. The molecule has 21 heavy (non-hydrogen) atoms. The van der Waals surface area contributed by atoms with Crippen LogP contribution in [0, 0.1) is 5.92 Å². The number of guanidine groups is 1. The van der Waals surface area contributed by atoms with Crippen LogP contribution in [-0.4, -0.2) is 49.6 Å². The van der Waals surface area contributed by atoms with Crippen LogP contribution in [-0.2, 0) is 0 Å². The molecule has 1 fully saturated rings. The van der Waals surface area contributed by atoms with Crippen molar-refractivity contribution in [3.8, 4) is 0 Å². The molecule has 1 aliphatic carbocycles. The van der Waals surface area contributed by atoms with Crippen LogP contribution in [0.1, 0.15) is 46.0 Å². The van der Waals surface area contributed by atoms with Gasteiger partial charge in [-0.25, -0.2) is 0 Å². The number of nitrogens with one attached hydrogen (secondary N) is 2. The summed E-state index contributed by atoms with van der Waals surface area (Å²) in [5.41, 5.74) is 0. The van der Waals surface area contributed by atoms with Crippen molar-refractivity contribution < 1.29 is 0 Å². The molecule has 0 amide bonds. The van der Waals surface area contributed by atoms with Crippen molar-refractivity contribution in [2.45, 2.75) is 52.0 Å². The summed E-state index contributed by atoms with van der Waals surface area (Å²) >= 11 is 0. The van der Waals surface area contributed by atoms with E-state index in [1.165, 1.54) is 38.9 Å². The van der Waals surface area contributed by atoms with Crippen molar-refractivity contribution >= 4 is 5.96 Å². The molecule has 1 heterocycles. The molecular weight excluding hydrogens is 260 g/mol. The minimum Gasteiger partial charge on any atom is -0.357 e. The molecule has 120 valence electrons. The van der Waals surface area contributed by atoms with E-state index in [4.69, 9.17) is 4.99 Å². The maximum absolute atomic E-state index is 4.82. The number of hydrogen-bond acceptors (Lipinski definition) is 2. The first-order chi connectivity index (χ1) is 10.3. The second kappa shape index (κ2) is 9.08. The van der Waals surface area contributed by atoms with Crippen LogP contribution in [0.25, 0.3) is 0 Å². The Morgan fingerprint density at radius 1 is 1.19 bits per heavy atom. The molecule has 2 N–H and O–H groups in total. The lowest BCUT2D eigenvalue weighted by Crippen LogP contribution is -2.43. The zero-order valence-corrected chi connectivity index (χ0v) is 13.8. The summed E-state index contributed by atoms with van der Waals surface area (Å²) < 4.78 is 0. The van der Waals surface area contributed by atoms with Crippen LogP contribution < -0.4 is 10.6 Å². The van der Waals surface area contributed by atoms with Crippen LogP contribution in [0.5, 0.6) is 0 Å². The molecule has 0 unspecified atom stereocenters. The minimum atomic E-state index is 0.536. The van der Waals surface area contributed by atoms with Gasteiger partial charge in [0.25, 0.3) is 0 Å². The van der Waals surface area contributed by atoms with E-state index in [1.807, 2.05) is 0 Å². The Balaban J connectivity index is 1.74. The number of aliphatic imine (C=N–C) groups is 1. The van der Waals surface area contributed by atoms with Crippen molar-refractivity contribution in [1.29, 1.82) is 0 Å². The van der Waals surface area contributed by atoms with Crippen molar-refractivity contribution in [2.75, 3.05) is 32.7 Å². The molecule has 0 saturated carbocycles. The molecule has 2 rings (SSSR count). The van der Waals surface area contributed by atoms with Crippen molar-refractivity contribution in [3.63, 3.8) is 0 Å². The van der Waals surface area contributed by atoms with Gasteiger partial charge in [-0.3, -0.25) is 4.99 Å². The van der Waals surface area contributed by atoms with Crippen molar-refractivity contribution in [2.24, 2.45) is 10.9 Å². The Morgan fingerprint density at radius 3 is 2.52 bits per heavy atom. The van der Waals surface area contributed by atoms with Gasteiger partial charge >= 0.3 is 0 Å². The van der Waals surface area contributed by atoms with E-state index in [2.05, 4.69) is 41.5 Å². The van der Waals surface area contributed by atoms with Gasteiger partial charge in [-0.1, -0.05) is 19.1 Å². The van der Waals surface area contributed by atoms with Gasteiger partial charge in [0.1, 0.15) is 0 Å². The number of hydrogen-bond donors (Lipinski definition) is 2.